The third-order valence-electron chi connectivity index (χ3n) is 6.11. The van der Waals surface area contributed by atoms with E-state index in [1.807, 2.05) is 26.8 Å². The second-order valence-corrected chi connectivity index (χ2v) is 8.48. The number of carbonyl (C=O) groups excluding carboxylic acids is 3. The normalized spacial score (nSPS) is 16.6. The van der Waals surface area contributed by atoms with Crippen molar-refractivity contribution in [2.75, 3.05) is 33.4 Å². The molecule has 194 valence electrons. The van der Waals surface area contributed by atoms with Gasteiger partial charge in [0.1, 0.15) is 17.9 Å². The first-order valence-corrected chi connectivity index (χ1v) is 11.5. The number of rotatable bonds is 9. The van der Waals surface area contributed by atoms with E-state index in [4.69, 9.17) is 23.7 Å². The summed E-state index contributed by atoms with van der Waals surface area (Å²) in [7, 11) is 1.54. The maximum absolute atomic E-state index is 12.4. The maximum atomic E-state index is 12.4. The Balaban J connectivity index is 0.00000432. The number of methoxy groups -OCH3 is 1. The number of benzene rings is 1. The Hall–Kier alpha value is -2.62. The van der Waals surface area contributed by atoms with E-state index in [1.54, 1.807) is 0 Å². The molecular formula is C25H34ClNO8. The molecule has 0 bridgehead atoms. The van der Waals surface area contributed by atoms with Crippen molar-refractivity contribution in [2.45, 2.75) is 59.8 Å². The van der Waals surface area contributed by atoms with E-state index in [9.17, 15) is 14.4 Å². The van der Waals surface area contributed by atoms with Gasteiger partial charge >= 0.3 is 17.9 Å². The Kier molecular flexibility index (Phi) is 10.5. The first-order valence-electron chi connectivity index (χ1n) is 11.5. The van der Waals surface area contributed by atoms with Gasteiger partial charge in [0.15, 0.2) is 12.0 Å². The summed E-state index contributed by atoms with van der Waals surface area (Å²) in [6.07, 6.45) is 2.78. The molecule has 9 nitrogen and oxygen atoms in total. The highest BCUT2D eigenvalue weighted by atomic mass is 35.5. The quantitative estimate of drug-likeness (QED) is 0.280. The summed E-state index contributed by atoms with van der Waals surface area (Å²) >= 11 is 0. The topological polar surface area (TPSA) is 101 Å². The number of esters is 3. The number of allylic oxidation sites excluding steroid dienone is 2. The molecule has 0 radical (unpaired) electrons. The summed E-state index contributed by atoms with van der Waals surface area (Å²) in [6.45, 7) is 9.81. The van der Waals surface area contributed by atoms with Gasteiger partial charge in [-0.3, -0.25) is 14.5 Å². The van der Waals surface area contributed by atoms with Crippen LogP contribution in [0.5, 0.6) is 11.5 Å². The van der Waals surface area contributed by atoms with Gasteiger partial charge in [-0.2, -0.15) is 0 Å². The summed E-state index contributed by atoms with van der Waals surface area (Å²) in [4.78, 5) is 38.5. The average Bonchev–Trinajstić information content (AvgIpc) is 3.20. The number of morpholine rings is 1. The molecule has 1 fully saturated rings. The maximum Gasteiger partial charge on any atom is 0.342 e. The Bertz CT molecular complexity index is 984. The summed E-state index contributed by atoms with van der Waals surface area (Å²) in [5.74, 6) is -0.588. The van der Waals surface area contributed by atoms with E-state index in [2.05, 4.69) is 4.90 Å². The molecule has 2 heterocycles. The van der Waals surface area contributed by atoms with Crippen LogP contribution in [0, 0.1) is 6.92 Å². The molecule has 0 N–H and O–H groups in total. The predicted molar refractivity (Wildman–Crippen MR) is 130 cm³/mol. The largest absolute Gasteiger partial charge is 0.496 e. The SMILES string of the molecule is COc1c(C)c2c(c(OC(C)=O)c1CC=C(C)CCC(=O)OC(C)N1CCOCC1)C(=O)OC2.Cl. The molecule has 1 aromatic rings. The van der Waals surface area contributed by atoms with Gasteiger partial charge < -0.3 is 23.7 Å². The Morgan fingerprint density at radius 1 is 1.14 bits per heavy atom. The summed E-state index contributed by atoms with van der Waals surface area (Å²) in [5, 5.41) is 0. The van der Waals surface area contributed by atoms with Gasteiger partial charge in [-0.05, 0) is 39.2 Å². The van der Waals surface area contributed by atoms with E-state index >= 15 is 0 Å². The van der Waals surface area contributed by atoms with E-state index in [1.165, 1.54) is 14.0 Å². The minimum absolute atomic E-state index is 0. The van der Waals surface area contributed by atoms with Crippen LogP contribution >= 0.6 is 12.4 Å². The summed E-state index contributed by atoms with van der Waals surface area (Å²) in [5.41, 5.74) is 3.28. The number of halogens is 1. The highest BCUT2D eigenvalue weighted by Crippen LogP contribution is 2.43. The lowest BCUT2D eigenvalue weighted by Crippen LogP contribution is -2.44. The summed E-state index contributed by atoms with van der Waals surface area (Å²) < 4.78 is 27.1. The number of ether oxygens (including phenoxy) is 5. The molecule has 35 heavy (non-hydrogen) atoms. The fourth-order valence-electron chi connectivity index (χ4n) is 4.21. The molecule has 1 aromatic carbocycles. The zero-order chi connectivity index (χ0) is 24.8. The first kappa shape index (κ1) is 28.6. The third-order valence-corrected chi connectivity index (χ3v) is 6.11. The van der Waals surface area contributed by atoms with Crippen LogP contribution in [-0.4, -0.2) is 62.4 Å². The number of carbonyl (C=O) groups is 3. The van der Waals surface area contributed by atoms with Gasteiger partial charge in [0.05, 0.1) is 20.3 Å². The standard InChI is InChI=1S/C25H33NO8.ClH/c1-15(7-9-21(28)33-17(3)26-10-12-31-13-11-26)6-8-19-23(30-5)16(2)20-14-32-25(29)22(20)24(19)34-18(4)27;/h6,17H,7-14H2,1-5H3;1H. The van der Waals surface area contributed by atoms with Crippen molar-refractivity contribution in [1.29, 1.82) is 0 Å². The zero-order valence-corrected chi connectivity index (χ0v) is 21.7. The van der Waals surface area contributed by atoms with Crippen molar-refractivity contribution >= 4 is 30.3 Å². The van der Waals surface area contributed by atoms with Crippen molar-refractivity contribution < 1.29 is 38.1 Å². The van der Waals surface area contributed by atoms with Gasteiger partial charge in [-0.1, -0.05) is 11.6 Å². The van der Waals surface area contributed by atoms with E-state index in [0.717, 1.165) is 24.2 Å². The zero-order valence-electron chi connectivity index (χ0n) is 20.9. The van der Waals surface area contributed by atoms with Crippen molar-refractivity contribution in [3.05, 3.63) is 33.9 Å². The van der Waals surface area contributed by atoms with Gasteiger partial charge in [0.25, 0.3) is 0 Å². The van der Waals surface area contributed by atoms with E-state index in [0.29, 0.717) is 42.9 Å². The highest BCUT2D eigenvalue weighted by molar-refractivity contribution is 5.99. The third kappa shape index (κ3) is 6.96. The molecule has 1 unspecified atom stereocenters. The molecule has 2 aliphatic rings. The molecule has 0 aromatic heterocycles. The minimum Gasteiger partial charge on any atom is -0.496 e. The van der Waals surface area contributed by atoms with Crippen LogP contribution in [0.25, 0.3) is 0 Å². The Morgan fingerprint density at radius 2 is 1.83 bits per heavy atom. The van der Waals surface area contributed by atoms with Crippen LogP contribution in [0.15, 0.2) is 11.6 Å². The lowest BCUT2D eigenvalue weighted by molar-refractivity contribution is -0.161. The molecule has 0 aliphatic carbocycles. The summed E-state index contributed by atoms with van der Waals surface area (Å²) in [6, 6.07) is 0. The van der Waals surface area contributed by atoms with Gasteiger partial charge in [-0.15, -0.1) is 12.4 Å². The fraction of sp³-hybridized carbons (Fsp3) is 0.560. The minimum atomic E-state index is -0.535. The van der Waals surface area contributed by atoms with E-state index in [-0.39, 0.29) is 48.9 Å². The molecule has 0 spiro atoms. The molecule has 3 rings (SSSR count). The molecule has 10 heteroatoms. The number of fused-ring (bicyclic) bond motifs is 1. The van der Waals surface area contributed by atoms with Crippen molar-refractivity contribution in [3.8, 4) is 11.5 Å². The molecule has 0 saturated carbocycles. The van der Waals surface area contributed by atoms with E-state index < -0.39 is 11.9 Å². The van der Waals surface area contributed by atoms with Crippen molar-refractivity contribution in [2.24, 2.45) is 0 Å². The molecule has 1 atom stereocenters. The Labute approximate surface area is 212 Å². The highest BCUT2D eigenvalue weighted by Gasteiger charge is 2.33. The molecule has 1 saturated heterocycles. The van der Waals surface area contributed by atoms with Gasteiger partial charge in [0.2, 0.25) is 0 Å². The fourth-order valence-corrected chi connectivity index (χ4v) is 4.21. The van der Waals surface area contributed by atoms with Crippen molar-refractivity contribution in [1.82, 2.24) is 4.90 Å². The number of nitrogens with zero attached hydrogens (tertiary/aromatic N) is 1. The molecule has 2 aliphatic heterocycles. The number of hydrogen-bond acceptors (Lipinski definition) is 9. The Morgan fingerprint density at radius 3 is 2.46 bits per heavy atom. The predicted octanol–water partition coefficient (Wildman–Crippen LogP) is 3.51. The van der Waals surface area contributed by atoms with Crippen LogP contribution in [0.4, 0.5) is 0 Å². The number of cyclic esters (lactones) is 1. The first-order chi connectivity index (χ1) is 16.2. The van der Waals surface area contributed by atoms with Crippen LogP contribution in [0.3, 0.4) is 0 Å². The van der Waals surface area contributed by atoms with Crippen LogP contribution in [0.2, 0.25) is 0 Å². The van der Waals surface area contributed by atoms with Crippen LogP contribution in [0.1, 0.15) is 60.7 Å². The number of hydrogen-bond donors (Lipinski definition) is 0. The molecular weight excluding hydrogens is 478 g/mol. The molecule has 0 amide bonds. The smallest absolute Gasteiger partial charge is 0.342 e. The van der Waals surface area contributed by atoms with Crippen molar-refractivity contribution in [3.63, 3.8) is 0 Å². The second-order valence-electron chi connectivity index (χ2n) is 8.48. The lowest BCUT2D eigenvalue weighted by Gasteiger charge is -2.31. The monoisotopic (exact) mass is 511 g/mol. The lowest BCUT2D eigenvalue weighted by atomic mass is 9.94. The van der Waals surface area contributed by atoms with Crippen LogP contribution in [-0.2, 0) is 36.8 Å². The van der Waals surface area contributed by atoms with Gasteiger partial charge in [0, 0.05) is 37.6 Å². The second kappa shape index (κ2) is 12.9. The average molecular weight is 512 g/mol. The van der Waals surface area contributed by atoms with Crippen LogP contribution < -0.4 is 9.47 Å². The van der Waals surface area contributed by atoms with Gasteiger partial charge in [-0.25, -0.2) is 4.79 Å².